The molecule has 0 aliphatic heterocycles. The Balaban J connectivity index is 1.48. The number of thiazole rings is 1. The summed E-state index contributed by atoms with van der Waals surface area (Å²) in [6.07, 6.45) is 0.0973. The van der Waals surface area contributed by atoms with Crippen LogP contribution in [0.1, 0.15) is 23.7 Å². The second-order valence-electron chi connectivity index (χ2n) is 6.72. The zero-order valence-electron chi connectivity index (χ0n) is 16.2. The molecule has 6 heteroatoms. The van der Waals surface area contributed by atoms with Crippen LogP contribution in [0.2, 0.25) is 5.02 Å². The van der Waals surface area contributed by atoms with Crippen LogP contribution in [0, 0.1) is 13.8 Å². The van der Waals surface area contributed by atoms with Crippen LogP contribution < -0.4 is 10.1 Å². The van der Waals surface area contributed by atoms with Crippen molar-refractivity contribution in [1.82, 2.24) is 10.3 Å². The summed E-state index contributed by atoms with van der Waals surface area (Å²) >= 11 is 7.63. The molecule has 2 aromatic carbocycles. The van der Waals surface area contributed by atoms with Gasteiger partial charge in [-0.25, -0.2) is 4.98 Å². The fourth-order valence-corrected chi connectivity index (χ4v) is 3.63. The Morgan fingerprint density at radius 1 is 1.21 bits per heavy atom. The van der Waals surface area contributed by atoms with E-state index in [1.165, 1.54) is 5.56 Å². The molecule has 146 valence electrons. The lowest BCUT2D eigenvalue weighted by Gasteiger charge is -2.15. The highest BCUT2D eigenvalue weighted by Gasteiger charge is 2.15. The van der Waals surface area contributed by atoms with Gasteiger partial charge in [0, 0.05) is 28.9 Å². The van der Waals surface area contributed by atoms with Crippen molar-refractivity contribution in [2.75, 3.05) is 6.54 Å². The SMILES string of the molecule is Cc1ccc(-c2nc(CCNC(=O)[C@H](C)Oc3ccc(Cl)c(C)c3)cs2)cc1. The molecule has 1 aromatic heterocycles. The van der Waals surface area contributed by atoms with E-state index in [0.717, 1.165) is 21.8 Å². The van der Waals surface area contributed by atoms with Crippen LogP contribution >= 0.6 is 22.9 Å². The van der Waals surface area contributed by atoms with E-state index in [-0.39, 0.29) is 5.91 Å². The van der Waals surface area contributed by atoms with Crippen molar-refractivity contribution < 1.29 is 9.53 Å². The number of hydrogen-bond acceptors (Lipinski definition) is 4. The summed E-state index contributed by atoms with van der Waals surface area (Å²) in [6, 6.07) is 13.7. The minimum Gasteiger partial charge on any atom is -0.481 e. The van der Waals surface area contributed by atoms with E-state index in [9.17, 15) is 4.79 Å². The van der Waals surface area contributed by atoms with Gasteiger partial charge in [0.2, 0.25) is 0 Å². The normalized spacial score (nSPS) is 11.9. The zero-order valence-corrected chi connectivity index (χ0v) is 17.7. The number of ether oxygens (including phenoxy) is 1. The molecule has 1 amide bonds. The highest BCUT2D eigenvalue weighted by atomic mass is 35.5. The first-order valence-corrected chi connectivity index (χ1v) is 10.4. The van der Waals surface area contributed by atoms with Gasteiger partial charge in [-0.2, -0.15) is 0 Å². The molecule has 0 radical (unpaired) electrons. The van der Waals surface area contributed by atoms with Crippen LogP contribution in [0.5, 0.6) is 5.75 Å². The van der Waals surface area contributed by atoms with E-state index in [2.05, 4.69) is 41.5 Å². The lowest BCUT2D eigenvalue weighted by Crippen LogP contribution is -2.37. The molecule has 0 saturated heterocycles. The standard InChI is InChI=1S/C22H23ClN2O2S/c1-14-4-6-17(7-5-14)22-25-18(13-28-22)10-11-24-21(26)16(3)27-19-8-9-20(23)15(2)12-19/h4-9,12-13,16H,10-11H2,1-3H3,(H,24,26)/t16-/m0/s1. The van der Waals surface area contributed by atoms with Crippen molar-refractivity contribution in [1.29, 1.82) is 0 Å². The molecule has 0 aliphatic rings. The highest BCUT2D eigenvalue weighted by molar-refractivity contribution is 7.13. The van der Waals surface area contributed by atoms with Crippen LogP contribution in [0.25, 0.3) is 10.6 Å². The third-order valence-corrected chi connectivity index (χ3v) is 5.71. The fraction of sp³-hybridized carbons (Fsp3) is 0.273. The minimum atomic E-state index is -0.584. The topological polar surface area (TPSA) is 51.2 Å². The number of nitrogens with one attached hydrogen (secondary N) is 1. The van der Waals surface area contributed by atoms with Crippen molar-refractivity contribution in [3.05, 3.63) is 69.7 Å². The Hall–Kier alpha value is -2.37. The van der Waals surface area contributed by atoms with Crippen LogP contribution in [-0.4, -0.2) is 23.5 Å². The van der Waals surface area contributed by atoms with E-state index in [1.54, 1.807) is 30.4 Å². The molecule has 0 saturated carbocycles. The van der Waals surface area contributed by atoms with E-state index in [4.69, 9.17) is 16.3 Å². The van der Waals surface area contributed by atoms with Gasteiger partial charge in [-0.1, -0.05) is 41.4 Å². The third-order valence-electron chi connectivity index (χ3n) is 4.34. The van der Waals surface area contributed by atoms with E-state index < -0.39 is 6.10 Å². The molecule has 0 bridgehead atoms. The fourth-order valence-electron chi connectivity index (χ4n) is 2.66. The lowest BCUT2D eigenvalue weighted by molar-refractivity contribution is -0.127. The number of carbonyl (C=O) groups excluding carboxylic acids is 1. The summed E-state index contributed by atoms with van der Waals surface area (Å²) in [5, 5.41) is 6.62. The summed E-state index contributed by atoms with van der Waals surface area (Å²) in [6.45, 7) is 6.22. The van der Waals surface area contributed by atoms with Crippen molar-refractivity contribution in [3.8, 4) is 16.3 Å². The van der Waals surface area contributed by atoms with Crippen molar-refractivity contribution in [3.63, 3.8) is 0 Å². The van der Waals surface area contributed by atoms with Gasteiger partial charge in [-0.05, 0) is 44.5 Å². The molecular formula is C22H23ClN2O2S. The Kier molecular flexibility index (Phi) is 6.70. The van der Waals surface area contributed by atoms with Gasteiger partial charge in [-0.15, -0.1) is 11.3 Å². The van der Waals surface area contributed by atoms with Crippen molar-refractivity contribution >= 4 is 28.8 Å². The van der Waals surface area contributed by atoms with E-state index in [0.29, 0.717) is 23.7 Å². The van der Waals surface area contributed by atoms with Gasteiger partial charge in [0.25, 0.3) is 5.91 Å². The molecular weight excluding hydrogens is 392 g/mol. The number of nitrogens with zero attached hydrogens (tertiary/aromatic N) is 1. The van der Waals surface area contributed by atoms with Crippen LogP contribution in [0.3, 0.4) is 0 Å². The van der Waals surface area contributed by atoms with Crippen LogP contribution in [-0.2, 0) is 11.2 Å². The smallest absolute Gasteiger partial charge is 0.260 e. The molecule has 0 fully saturated rings. The second-order valence-corrected chi connectivity index (χ2v) is 7.99. The number of rotatable bonds is 7. The van der Waals surface area contributed by atoms with Gasteiger partial charge in [-0.3, -0.25) is 4.79 Å². The quantitative estimate of drug-likeness (QED) is 0.577. The molecule has 1 N–H and O–H groups in total. The van der Waals surface area contributed by atoms with Gasteiger partial charge < -0.3 is 10.1 Å². The summed E-state index contributed by atoms with van der Waals surface area (Å²) < 4.78 is 5.70. The number of aromatic nitrogens is 1. The maximum absolute atomic E-state index is 12.3. The lowest BCUT2D eigenvalue weighted by atomic mass is 10.2. The number of amides is 1. The van der Waals surface area contributed by atoms with E-state index >= 15 is 0 Å². The molecule has 3 rings (SSSR count). The summed E-state index contributed by atoms with van der Waals surface area (Å²) in [5.74, 6) is 0.480. The van der Waals surface area contributed by atoms with E-state index in [1.807, 2.05) is 18.4 Å². The average Bonchev–Trinajstić information content (AvgIpc) is 3.14. The average molecular weight is 415 g/mol. The largest absolute Gasteiger partial charge is 0.481 e. The van der Waals surface area contributed by atoms with Gasteiger partial charge in [0.05, 0.1) is 5.69 Å². The van der Waals surface area contributed by atoms with Gasteiger partial charge >= 0.3 is 0 Å². The highest BCUT2D eigenvalue weighted by Crippen LogP contribution is 2.24. The predicted octanol–water partition coefficient (Wildman–Crippen LogP) is 5.21. The van der Waals surface area contributed by atoms with Gasteiger partial charge in [0.15, 0.2) is 6.10 Å². The number of benzene rings is 2. The molecule has 0 spiro atoms. The first-order chi connectivity index (χ1) is 13.4. The van der Waals surface area contributed by atoms with Crippen LogP contribution in [0.15, 0.2) is 47.8 Å². The van der Waals surface area contributed by atoms with Crippen LogP contribution in [0.4, 0.5) is 0 Å². The number of aryl methyl sites for hydroxylation is 2. The summed E-state index contributed by atoms with van der Waals surface area (Å²) in [7, 11) is 0. The first kappa shape index (κ1) is 20.4. The molecule has 4 nitrogen and oxygen atoms in total. The Morgan fingerprint density at radius 2 is 1.96 bits per heavy atom. The molecule has 1 heterocycles. The zero-order chi connectivity index (χ0) is 20.1. The molecule has 1 atom stereocenters. The molecule has 28 heavy (non-hydrogen) atoms. The monoisotopic (exact) mass is 414 g/mol. The summed E-state index contributed by atoms with van der Waals surface area (Å²) in [4.78, 5) is 16.9. The number of halogens is 1. The maximum Gasteiger partial charge on any atom is 0.260 e. The Bertz CT molecular complexity index is 953. The Morgan fingerprint density at radius 3 is 2.68 bits per heavy atom. The predicted molar refractivity (Wildman–Crippen MR) is 115 cm³/mol. The van der Waals surface area contributed by atoms with Gasteiger partial charge in [0.1, 0.15) is 10.8 Å². The minimum absolute atomic E-state index is 0.151. The van der Waals surface area contributed by atoms with Crippen molar-refractivity contribution in [2.24, 2.45) is 0 Å². The number of carbonyl (C=O) groups is 1. The summed E-state index contributed by atoms with van der Waals surface area (Å²) in [5.41, 5.74) is 4.24. The molecule has 0 aliphatic carbocycles. The Labute approximate surface area is 174 Å². The van der Waals surface area contributed by atoms with Crippen molar-refractivity contribution in [2.45, 2.75) is 33.3 Å². The maximum atomic E-state index is 12.3. The number of hydrogen-bond donors (Lipinski definition) is 1. The first-order valence-electron chi connectivity index (χ1n) is 9.14. The second kappa shape index (κ2) is 9.22. The third kappa shape index (κ3) is 5.33. The molecule has 3 aromatic rings. The molecule has 0 unspecified atom stereocenters.